The number of fused-ring (bicyclic) bond motifs is 2. The number of rotatable bonds is 2. The van der Waals surface area contributed by atoms with Gasteiger partial charge in [0.25, 0.3) is 5.91 Å². The Bertz CT molecular complexity index is 858. The van der Waals surface area contributed by atoms with Crippen molar-refractivity contribution in [2.24, 2.45) is 0 Å². The highest BCUT2D eigenvalue weighted by Crippen LogP contribution is 2.31. The van der Waals surface area contributed by atoms with E-state index in [9.17, 15) is 9.90 Å². The number of carbonyl (C=O) groups is 1. The third kappa shape index (κ3) is 2.05. The van der Waals surface area contributed by atoms with E-state index >= 15 is 0 Å². The Balaban J connectivity index is 1.61. The van der Waals surface area contributed by atoms with Gasteiger partial charge in [0.1, 0.15) is 6.33 Å². The van der Waals surface area contributed by atoms with Gasteiger partial charge in [-0.1, -0.05) is 24.3 Å². The van der Waals surface area contributed by atoms with Crippen molar-refractivity contribution in [1.82, 2.24) is 19.9 Å². The Morgan fingerprint density at radius 1 is 1.27 bits per heavy atom. The highest BCUT2D eigenvalue weighted by molar-refractivity contribution is 5.94. The van der Waals surface area contributed by atoms with E-state index in [0.29, 0.717) is 17.6 Å². The minimum absolute atomic E-state index is 0.226. The van der Waals surface area contributed by atoms with Gasteiger partial charge in [-0.05, 0) is 23.3 Å². The highest BCUT2D eigenvalue weighted by atomic mass is 16.3. The lowest BCUT2D eigenvalue weighted by molar-refractivity contribution is 0.0858. The van der Waals surface area contributed by atoms with Gasteiger partial charge in [-0.25, -0.2) is 0 Å². The second-order valence-corrected chi connectivity index (χ2v) is 5.44. The minimum Gasteiger partial charge on any atom is -0.390 e. The molecule has 1 amide bonds. The molecule has 6 heteroatoms. The smallest absolute Gasteiger partial charge is 0.253 e. The molecule has 0 saturated carbocycles. The molecule has 1 aromatic carbocycles. The molecule has 1 aliphatic rings. The van der Waals surface area contributed by atoms with Gasteiger partial charge in [0.05, 0.1) is 17.7 Å². The molecule has 2 heterocycles. The lowest BCUT2D eigenvalue weighted by Gasteiger charge is -2.18. The molecular weight excluding hydrogens is 280 g/mol. The van der Waals surface area contributed by atoms with Gasteiger partial charge in [-0.3, -0.25) is 9.20 Å². The van der Waals surface area contributed by atoms with E-state index in [1.165, 1.54) is 0 Å². The molecule has 2 atom stereocenters. The first-order valence-electron chi connectivity index (χ1n) is 7.08. The maximum absolute atomic E-state index is 12.4. The van der Waals surface area contributed by atoms with E-state index in [-0.39, 0.29) is 11.9 Å². The molecule has 3 aromatic rings. The van der Waals surface area contributed by atoms with E-state index in [4.69, 9.17) is 0 Å². The van der Waals surface area contributed by atoms with Crippen LogP contribution in [0.15, 0.2) is 48.9 Å². The summed E-state index contributed by atoms with van der Waals surface area (Å²) in [6.45, 7) is 0. The number of benzene rings is 1. The van der Waals surface area contributed by atoms with Crippen molar-refractivity contribution < 1.29 is 9.90 Å². The first-order valence-corrected chi connectivity index (χ1v) is 7.08. The summed E-state index contributed by atoms with van der Waals surface area (Å²) < 4.78 is 1.69. The van der Waals surface area contributed by atoms with Gasteiger partial charge in [0.15, 0.2) is 5.65 Å². The Hall–Kier alpha value is -2.73. The van der Waals surface area contributed by atoms with Gasteiger partial charge >= 0.3 is 0 Å². The van der Waals surface area contributed by atoms with Crippen LogP contribution in [-0.2, 0) is 6.42 Å². The van der Waals surface area contributed by atoms with Gasteiger partial charge in [0, 0.05) is 12.6 Å². The van der Waals surface area contributed by atoms with Crippen LogP contribution in [0.1, 0.15) is 27.5 Å². The number of nitrogens with one attached hydrogen (secondary N) is 1. The van der Waals surface area contributed by atoms with E-state index in [1.54, 1.807) is 29.1 Å². The average molecular weight is 294 g/mol. The van der Waals surface area contributed by atoms with Crippen LogP contribution in [0.2, 0.25) is 0 Å². The van der Waals surface area contributed by atoms with Crippen LogP contribution in [0.3, 0.4) is 0 Å². The predicted molar refractivity (Wildman–Crippen MR) is 79.3 cm³/mol. The molecule has 4 rings (SSSR count). The summed E-state index contributed by atoms with van der Waals surface area (Å²) in [6.07, 6.45) is 3.19. The largest absolute Gasteiger partial charge is 0.390 e. The van der Waals surface area contributed by atoms with Gasteiger partial charge in [-0.15, -0.1) is 10.2 Å². The molecule has 2 unspecified atom stereocenters. The third-order valence-corrected chi connectivity index (χ3v) is 4.04. The molecule has 2 aromatic heterocycles. The summed E-state index contributed by atoms with van der Waals surface area (Å²) in [5, 5.41) is 20.8. The third-order valence-electron chi connectivity index (χ3n) is 4.04. The number of hydrogen-bond acceptors (Lipinski definition) is 4. The van der Waals surface area contributed by atoms with Crippen molar-refractivity contribution in [2.45, 2.75) is 18.6 Å². The summed E-state index contributed by atoms with van der Waals surface area (Å²) in [4.78, 5) is 12.4. The fourth-order valence-corrected chi connectivity index (χ4v) is 2.93. The molecule has 110 valence electrons. The summed E-state index contributed by atoms with van der Waals surface area (Å²) >= 11 is 0. The molecule has 0 bridgehead atoms. The highest BCUT2D eigenvalue weighted by Gasteiger charge is 2.32. The molecule has 0 spiro atoms. The molecular formula is C16H14N4O2. The maximum Gasteiger partial charge on any atom is 0.253 e. The van der Waals surface area contributed by atoms with Crippen LogP contribution >= 0.6 is 0 Å². The normalized spacial score (nSPS) is 20.0. The van der Waals surface area contributed by atoms with Gasteiger partial charge in [-0.2, -0.15) is 0 Å². The van der Waals surface area contributed by atoms with Crippen molar-refractivity contribution in [1.29, 1.82) is 0 Å². The zero-order chi connectivity index (χ0) is 15.1. The summed E-state index contributed by atoms with van der Waals surface area (Å²) in [7, 11) is 0. The monoisotopic (exact) mass is 294 g/mol. The quantitative estimate of drug-likeness (QED) is 0.742. The fourth-order valence-electron chi connectivity index (χ4n) is 2.93. The Labute approximate surface area is 126 Å². The second kappa shape index (κ2) is 4.92. The Kier molecular flexibility index (Phi) is 2.90. The number of carbonyl (C=O) groups excluding carboxylic acids is 1. The van der Waals surface area contributed by atoms with E-state index in [0.717, 1.165) is 11.1 Å². The standard InChI is InChI=1S/C16H14N4O2/c21-13-7-10-3-1-2-4-12(10)15(13)18-16(22)11-5-6-14-19-17-9-20(14)8-11/h1-6,8-9,13,15,21H,7H2,(H,18,22). The second-order valence-electron chi connectivity index (χ2n) is 5.44. The summed E-state index contributed by atoms with van der Waals surface area (Å²) in [5.41, 5.74) is 3.25. The van der Waals surface area contributed by atoms with Crippen molar-refractivity contribution in [3.63, 3.8) is 0 Å². The molecule has 0 fully saturated rings. The zero-order valence-electron chi connectivity index (χ0n) is 11.7. The molecule has 0 saturated heterocycles. The molecule has 0 radical (unpaired) electrons. The van der Waals surface area contributed by atoms with Crippen molar-refractivity contribution in [2.75, 3.05) is 0 Å². The minimum atomic E-state index is -0.597. The van der Waals surface area contributed by atoms with Gasteiger partial charge < -0.3 is 10.4 Å². The van der Waals surface area contributed by atoms with Gasteiger partial charge in [0.2, 0.25) is 0 Å². The van der Waals surface area contributed by atoms with Crippen LogP contribution in [-0.4, -0.2) is 31.7 Å². The first kappa shape index (κ1) is 13.0. The summed E-state index contributed by atoms with van der Waals surface area (Å²) in [6, 6.07) is 10.8. The molecule has 1 aliphatic carbocycles. The van der Waals surface area contributed by atoms with Crippen molar-refractivity contribution in [3.05, 3.63) is 65.6 Å². The number of hydrogen-bond donors (Lipinski definition) is 2. The van der Waals surface area contributed by atoms with Crippen LogP contribution < -0.4 is 5.32 Å². The lowest BCUT2D eigenvalue weighted by Crippen LogP contribution is -2.33. The van der Waals surface area contributed by atoms with Crippen molar-refractivity contribution >= 4 is 11.6 Å². The van der Waals surface area contributed by atoms with E-state index < -0.39 is 6.10 Å². The van der Waals surface area contributed by atoms with E-state index in [2.05, 4.69) is 15.5 Å². The van der Waals surface area contributed by atoms with Crippen LogP contribution in [0.5, 0.6) is 0 Å². The number of amides is 1. The topological polar surface area (TPSA) is 79.5 Å². The van der Waals surface area contributed by atoms with Crippen molar-refractivity contribution in [3.8, 4) is 0 Å². The fraction of sp³-hybridized carbons (Fsp3) is 0.188. The number of aliphatic hydroxyl groups excluding tert-OH is 1. The zero-order valence-corrected chi connectivity index (χ0v) is 11.7. The van der Waals surface area contributed by atoms with Crippen LogP contribution in [0, 0.1) is 0 Å². The Morgan fingerprint density at radius 3 is 3.05 bits per heavy atom. The summed E-state index contributed by atoms with van der Waals surface area (Å²) in [5.74, 6) is -0.226. The average Bonchev–Trinajstić information content (AvgIpc) is 3.11. The maximum atomic E-state index is 12.4. The first-order chi connectivity index (χ1) is 10.7. The number of pyridine rings is 1. The molecule has 22 heavy (non-hydrogen) atoms. The predicted octanol–water partition coefficient (Wildman–Crippen LogP) is 1.12. The molecule has 2 N–H and O–H groups in total. The molecule has 0 aliphatic heterocycles. The number of aromatic nitrogens is 3. The Morgan fingerprint density at radius 2 is 2.14 bits per heavy atom. The van der Waals surface area contributed by atoms with Crippen LogP contribution in [0.25, 0.3) is 5.65 Å². The lowest BCUT2D eigenvalue weighted by atomic mass is 10.1. The molecule has 6 nitrogen and oxygen atoms in total. The number of aliphatic hydroxyl groups is 1. The number of nitrogens with zero attached hydrogens (tertiary/aromatic N) is 3. The SMILES string of the molecule is O=C(NC1c2ccccc2CC1O)c1ccc2nncn2c1. The van der Waals surface area contributed by atoms with E-state index in [1.807, 2.05) is 24.3 Å². The van der Waals surface area contributed by atoms with Crippen LogP contribution in [0.4, 0.5) is 0 Å².